The maximum atomic E-state index is 12.4. The van der Waals surface area contributed by atoms with Crippen LogP contribution in [0.25, 0.3) is 0 Å². The topological polar surface area (TPSA) is 41.6 Å². The number of amides is 1. The maximum Gasteiger partial charge on any atom is 0.410 e. The Morgan fingerprint density at radius 1 is 1.39 bits per heavy atom. The van der Waals surface area contributed by atoms with E-state index in [1.165, 1.54) is 0 Å². The van der Waals surface area contributed by atoms with Gasteiger partial charge < -0.3 is 15.0 Å². The summed E-state index contributed by atoms with van der Waals surface area (Å²) in [6, 6.07) is 6.09. The lowest BCUT2D eigenvalue weighted by Gasteiger charge is -2.37. The fourth-order valence-corrected chi connectivity index (χ4v) is 3.07. The van der Waals surface area contributed by atoms with Gasteiger partial charge in [-0.1, -0.05) is 17.7 Å². The highest BCUT2D eigenvalue weighted by molar-refractivity contribution is 6.33. The first-order valence-electron chi connectivity index (χ1n) is 8.26. The van der Waals surface area contributed by atoms with Crippen LogP contribution < -0.4 is 5.32 Å². The Hall–Kier alpha value is -1.42. The second-order valence-corrected chi connectivity index (χ2v) is 7.59. The van der Waals surface area contributed by atoms with Gasteiger partial charge in [0.2, 0.25) is 0 Å². The number of rotatable bonds is 3. The van der Waals surface area contributed by atoms with Gasteiger partial charge in [0.1, 0.15) is 5.60 Å². The maximum absolute atomic E-state index is 12.4. The second kappa shape index (κ2) is 7.43. The van der Waals surface area contributed by atoms with Crippen molar-refractivity contribution in [3.05, 3.63) is 28.8 Å². The number of halogens is 1. The standard InChI is InChI=1S/C18H27ClN2O2/c1-13-8-9-16(15(19)11-13)20-12-14-7-5-6-10-21(14)17(22)23-18(2,3)4/h8-9,11,14,20H,5-7,10,12H2,1-4H3. The lowest BCUT2D eigenvalue weighted by molar-refractivity contribution is 0.0114. The van der Waals surface area contributed by atoms with Gasteiger partial charge in [0.05, 0.1) is 16.8 Å². The van der Waals surface area contributed by atoms with E-state index in [9.17, 15) is 4.79 Å². The molecule has 1 aromatic carbocycles. The Labute approximate surface area is 144 Å². The molecule has 1 atom stereocenters. The summed E-state index contributed by atoms with van der Waals surface area (Å²) in [4.78, 5) is 14.2. The fraction of sp³-hybridized carbons (Fsp3) is 0.611. The Bertz CT molecular complexity index is 554. The average molecular weight is 339 g/mol. The van der Waals surface area contributed by atoms with E-state index >= 15 is 0 Å². The number of carbonyl (C=O) groups is 1. The molecule has 1 amide bonds. The van der Waals surface area contributed by atoms with Crippen LogP contribution in [0, 0.1) is 6.92 Å². The molecule has 23 heavy (non-hydrogen) atoms. The molecule has 0 radical (unpaired) electrons. The van der Waals surface area contributed by atoms with Crippen LogP contribution in [-0.4, -0.2) is 35.7 Å². The van der Waals surface area contributed by atoms with E-state index in [-0.39, 0.29) is 12.1 Å². The Morgan fingerprint density at radius 3 is 2.78 bits per heavy atom. The minimum atomic E-state index is -0.466. The number of piperidine rings is 1. The number of anilines is 1. The highest BCUT2D eigenvalue weighted by atomic mass is 35.5. The van der Waals surface area contributed by atoms with Crippen LogP contribution in [0.3, 0.4) is 0 Å². The normalized spacial score (nSPS) is 18.7. The molecule has 1 aromatic rings. The van der Waals surface area contributed by atoms with Crippen molar-refractivity contribution in [2.45, 2.75) is 58.6 Å². The van der Waals surface area contributed by atoms with Crippen molar-refractivity contribution in [1.29, 1.82) is 0 Å². The molecular formula is C18H27ClN2O2. The molecule has 1 saturated heterocycles. The lowest BCUT2D eigenvalue weighted by Crippen LogP contribution is -2.48. The fourth-order valence-electron chi connectivity index (χ4n) is 2.76. The minimum absolute atomic E-state index is 0.135. The van der Waals surface area contributed by atoms with Crippen molar-refractivity contribution < 1.29 is 9.53 Å². The third-order valence-electron chi connectivity index (χ3n) is 3.91. The van der Waals surface area contributed by atoms with Gasteiger partial charge in [0.25, 0.3) is 0 Å². The largest absolute Gasteiger partial charge is 0.444 e. The van der Waals surface area contributed by atoms with Crippen LogP contribution in [-0.2, 0) is 4.74 Å². The van der Waals surface area contributed by atoms with E-state index in [0.717, 1.165) is 37.1 Å². The minimum Gasteiger partial charge on any atom is -0.444 e. The van der Waals surface area contributed by atoms with Crippen LogP contribution in [0.1, 0.15) is 45.6 Å². The Morgan fingerprint density at radius 2 is 2.13 bits per heavy atom. The lowest BCUT2D eigenvalue weighted by atomic mass is 10.0. The van der Waals surface area contributed by atoms with Gasteiger partial charge in [-0.25, -0.2) is 4.79 Å². The van der Waals surface area contributed by atoms with E-state index in [1.54, 1.807) is 0 Å². The number of hydrogen-bond acceptors (Lipinski definition) is 3. The molecule has 128 valence electrons. The molecule has 0 aromatic heterocycles. The first kappa shape index (κ1) is 17.9. The molecule has 1 fully saturated rings. The van der Waals surface area contributed by atoms with Crippen molar-refractivity contribution >= 4 is 23.4 Å². The number of carbonyl (C=O) groups excluding carboxylic acids is 1. The predicted octanol–water partition coefficient (Wildman–Crippen LogP) is 4.85. The van der Waals surface area contributed by atoms with E-state index in [2.05, 4.69) is 5.32 Å². The molecule has 0 spiro atoms. The van der Waals surface area contributed by atoms with Gasteiger partial charge in [0, 0.05) is 13.1 Å². The van der Waals surface area contributed by atoms with E-state index < -0.39 is 5.60 Å². The van der Waals surface area contributed by atoms with Gasteiger partial charge in [0.15, 0.2) is 0 Å². The molecule has 1 aliphatic heterocycles. The van der Waals surface area contributed by atoms with Crippen LogP contribution in [0.5, 0.6) is 0 Å². The first-order chi connectivity index (χ1) is 10.8. The van der Waals surface area contributed by atoms with E-state index in [4.69, 9.17) is 16.3 Å². The summed E-state index contributed by atoms with van der Waals surface area (Å²) in [5, 5.41) is 4.09. The number of nitrogens with zero attached hydrogens (tertiary/aromatic N) is 1. The summed E-state index contributed by atoms with van der Waals surface area (Å²) in [5.41, 5.74) is 1.58. The van der Waals surface area contributed by atoms with Gasteiger partial charge in [-0.3, -0.25) is 0 Å². The SMILES string of the molecule is Cc1ccc(NCC2CCCCN2C(=O)OC(C)(C)C)c(Cl)c1. The molecule has 1 unspecified atom stereocenters. The predicted molar refractivity (Wildman–Crippen MR) is 95.3 cm³/mol. The number of likely N-dealkylation sites (tertiary alicyclic amines) is 1. The zero-order chi connectivity index (χ0) is 17.0. The number of hydrogen-bond donors (Lipinski definition) is 1. The number of nitrogens with one attached hydrogen (secondary N) is 1. The molecule has 4 nitrogen and oxygen atoms in total. The van der Waals surface area contributed by atoms with Crippen molar-refractivity contribution in [1.82, 2.24) is 4.90 Å². The molecule has 0 bridgehead atoms. The number of ether oxygens (including phenoxy) is 1. The van der Waals surface area contributed by atoms with E-state index in [0.29, 0.717) is 11.6 Å². The zero-order valence-electron chi connectivity index (χ0n) is 14.5. The molecule has 1 N–H and O–H groups in total. The van der Waals surface area contributed by atoms with Crippen molar-refractivity contribution in [3.63, 3.8) is 0 Å². The van der Waals surface area contributed by atoms with Crippen LogP contribution in [0.15, 0.2) is 18.2 Å². The molecule has 2 rings (SSSR count). The monoisotopic (exact) mass is 338 g/mol. The smallest absolute Gasteiger partial charge is 0.410 e. The number of benzene rings is 1. The Balaban J connectivity index is 1.99. The van der Waals surface area contributed by atoms with Crippen molar-refractivity contribution in [2.75, 3.05) is 18.4 Å². The first-order valence-corrected chi connectivity index (χ1v) is 8.64. The summed E-state index contributed by atoms with van der Waals surface area (Å²) in [5.74, 6) is 0. The summed E-state index contributed by atoms with van der Waals surface area (Å²) in [7, 11) is 0. The summed E-state index contributed by atoms with van der Waals surface area (Å²) in [6.45, 7) is 9.14. The van der Waals surface area contributed by atoms with Gasteiger partial charge in [-0.2, -0.15) is 0 Å². The van der Waals surface area contributed by atoms with Gasteiger partial charge in [-0.05, 0) is 64.7 Å². The number of aryl methyl sites for hydroxylation is 1. The highest BCUT2D eigenvalue weighted by Crippen LogP contribution is 2.25. The zero-order valence-corrected chi connectivity index (χ0v) is 15.2. The van der Waals surface area contributed by atoms with Crippen molar-refractivity contribution in [2.24, 2.45) is 0 Å². The summed E-state index contributed by atoms with van der Waals surface area (Å²) < 4.78 is 5.53. The average Bonchev–Trinajstić information content (AvgIpc) is 2.45. The molecule has 5 heteroatoms. The van der Waals surface area contributed by atoms with Crippen LogP contribution >= 0.6 is 11.6 Å². The van der Waals surface area contributed by atoms with Gasteiger partial charge >= 0.3 is 6.09 Å². The second-order valence-electron chi connectivity index (χ2n) is 7.19. The quantitative estimate of drug-likeness (QED) is 0.856. The molecule has 1 heterocycles. The Kier molecular flexibility index (Phi) is 5.79. The van der Waals surface area contributed by atoms with Crippen LogP contribution in [0.2, 0.25) is 5.02 Å². The molecule has 0 aliphatic carbocycles. The summed E-state index contributed by atoms with van der Waals surface area (Å²) in [6.07, 6.45) is 2.92. The van der Waals surface area contributed by atoms with E-state index in [1.807, 2.05) is 50.8 Å². The van der Waals surface area contributed by atoms with Crippen LogP contribution in [0.4, 0.5) is 10.5 Å². The van der Waals surface area contributed by atoms with Crippen molar-refractivity contribution in [3.8, 4) is 0 Å². The molecule has 0 saturated carbocycles. The third-order valence-corrected chi connectivity index (χ3v) is 4.22. The van der Waals surface area contributed by atoms with Gasteiger partial charge in [-0.15, -0.1) is 0 Å². The highest BCUT2D eigenvalue weighted by Gasteiger charge is 2.30. The summed E-state index contributed by atoms with van der Waals surface area (Å²) >= 11 is 6.27. The molecule has 1 aliphatic rings. The third kappa shape index (κ3) is 5.31. The molecular weight excluding hydrogens is 312 g/mol.